The Labute approximate surface area is 247 Å². The van der Waals surface area contributed by atoms with Crippen molar-refractivity contribution in [3.05, 3.63) is 145 Å². The Bertz CT molecular complexity index is 1820. The van der Waals surface area contributed by atoms with Crippen molar-refractivity contribution in [2.75, 3.05) is 0 Å². The van der Waals surface area contributed by atoms with Crippen molar-refractivity contribution in [2.24, 2.45) is 0 Å². The molecule has 0 bridgehead atoms. The van der Waals surface area contributed by atoms with Crippen LogP contribution < -0.4 is 0 Å². The van der Waals surface area contributed by atoms with Crippen molar-refractivity contribution in [1.29, 1.82) is 0 Å². The van der Waals surface area contributed by atoms with Gasteiger partial charge in [-0.3, -0.25) is 0 Å². The maximum absolute atomic E-state index is 6.15. The molecule has 0 saturated heterocycles. The molecule has 7 aromatic rings. The zero-order valence-electron chi connectivity index (χ0n) is 22.2. The fourth-order valence-corrected chi connectivity index (χ4v) is 4.84. The van der Waals surface area contributed by atoms with Gasteiger partial charge in [-0.2, -0.15) is 0 Å². The second-order valence-corrected chi connectivity index (χ2v) is 9.49. The summed E-state index contributed by atoms with van der Waals surface area (Å²) < 4.78 is 6.15. The first-order chi connectivity index (χ1) is 19.2. The molecular formula is C36H26IrN2O-2. The molecule has 7 rings (SSSR count). The average Bonchev–Trinajstić information content (AvgIpc) is 3.37. The summed E-state index contributed by atoms with van der Waals surface area (Å²) >= 11 is 0. The Hall–Kier alpha value is -4.37. The third-order valence-electron chi connectivity index (χ3n) is 6.56. The number of pyridine rings is 2. The van der Waals surface area contributed by atoms with Crippen molar-refractivity contribution in [2.45, 2.75) is 13.8 Å². The van der Waals surface area contributed by atoms with Crippen LogP contribution in [-0.4, -0.2) is 9.97 Å². The molecule has 4 heteroatoms. The number of rotatable bonds is 3. The molecule has 0 N–H and O–H groups in total. The van der Waals surface area contributed by atoms with Crippen LogP contribution >= 0.6 is 0 Å². The van der Waals surface area contributed by atoms with Gasteiger partial charge in [0.25, 0.3) is 0 Å². The number of hydrogen-bond acceptors (Lipinski definition) is 3. The van der Waals surface area contributed by atoms with Gasteiger partial charge in [0.1, 0.15) is 5.58 Å². The van der Waals surface area contributed by atoms with Gasteiger partial charge < -0.3 is 14.4 Å². The van der Waals surface area contributed by atoms with Crippen LogP contribution in [0.3, 0.4) is 0 Å². The predicted octanol–water partition coefficient (Wildman–Crippen LogP) is 9.28. The van der Waals surface area contributed by atoms with E-state index < -0.39 is 0 Å². The molecule has 0 amide bonds. The quantitative estimate of drug-likeness (QED) is 0.173. The van der Waals surface area contributed by atoms with Gasteiger partial charge in [-0.25, -0.2) is 0 Å². The van der Waals surface area contributed by atoms with Crippen LogP contribution in [0.15, 0.2) is 126 Å². The number of furan rings is 1. The molecule has 1 radical (unpaired) electrons. The fourth-order valence-electron chi connectivity index (χ4n) is 4.84. The minimum absolute atomic E-state index is 0. The van der Waals surface area contributed by atoms with E-state index in [1.54, 1.807) is 6.20 Å². The van der Waals surface area contributed by atoms with E-state index in [9.17, 15) is 0 Å². The monoisotopic (exact) mass is 695 g/mol. The zero-order valence-corrected chi connectivity index (χ0v) is 24.6. The van der Waals surface area contributed by atoms with Crippen molar-refractivity contribution >= 4 is 21.9 Å². The fraction of sp³-hybridized carbons (Fsp3) is 0.0556. The second-order valence-electron chi connectivity index (χ2n) is 9.49. The first-order valence-electron chi connectivity index (χ1n) is 12.9. The van der Waals surface area contributed by atoms with E-state index in [0.29, 0.717) is 0 Å². The first kappa shape index (κ1) is 27.2. The Morgan fingerprint density at radius 3 is 2.15 bits per heavy atom. The summed E-state index contributed by atoms with van der Waals surface area (Å²) in [7, 11) is 0. The third kappa shape index (κ3) is 5.79. The topological polar surface area (TPSA) is 38.9 Å². The largest absolute Gasteiger partial charge is 0.501 e. The van der Waals surface area contributed by atoms with E-state index in [1.807, 2.05) is 72.9 Å². The molecular weight excluding hydrogens is 669 g/mol. The van der Waals surface area contributed by atoms with E-state index in [1.165, 1.54) is 16.7 Å². The van der Waals surface area contributed by atoms with E-state index in [2.05, 4.69) is 78.4 Å². The van der Waals surface area contributed by atoms with Crippen LogP contribution in [-0.2, 0) is 20.1 Å². The number of aryl methyl sites for hydroxylation is 2. The molecule has 0 atom stereocenters. The van der Waals surface area contributed by atoms with Crippen LogP contribution in [0.5, 0.6) is 0 Å². The third-order valence-corrected chi connectivity index (χ3v) is 6.56. The van der Waals surface area contributed by atoms with Gasteiger partial charge in [0.15, 0.2) is 0 Å². The van der Waals surface area contributed by atoms with E-state index in [4.69, 9.17) is 4.42 Å². The second kappa shape index (κ2) is 12.2. The number of para-hydroxylation sites is 1. The summed E-state index contributed by atoms with van der Waals surface area (Å²) in [6, 6.07) is 43.0. The molecule has 0 aliphatic heterocycles. The first-order valence-corrected chi connectivity index (χ1v) is 12.9. The minimum Gasteiger partial charge on any atom is -0.501 e. The normalized spacial score (nSPS) is 10.6. The average molecular weight is 695 g/mol. The van der Waals surface area contributed by atoms with Crippen LogP contribution in [0, 0.1) is 26.0 Å². The van der Waals surface area contributed by atoms with Crippen molar-refractivity contribution in [1.82, 2.24) is 9.97 Å². The molecule has 0 saturated carbocycles. The molecule has 4 aromatic carbocycles. The summed E-state index contributed by atoms with van der Waals surface area (Å²) in [4.78, 5) is 8.83. The van der Waals surface area contributed by atoms with Gasteiger partial charge in [0, 0.05) is 37.9 Å². The summed E-state index contributed by atoms with van der Waals surface area (Å²) in [6.07, 6.45) is 3.65. The number of aromatic nitrogens is 2. The van der Waals surface area contributed by atoms with Gasteiger partial charge in [-0.1, -0.05) is 76.7 Å². The van der Waals surface area contributed by atoms with Gasteiger partial charge >= 0.3 is 0 Å². The predicted molar refractivity (Wildman–Crippen MR) is 159 cm³/mol. The molecule has 0 fully saturated rings. The number of hydrogen-bond donors (Lipinski definition) is 0. The molecule has 197 valence electrons. The molecule has 0 spiro atoms. The van der Waals surface area contributed by atoms with E-state index >= 15 is 0 Å². The van der Waals surface area contributed by atoms with Crippen LogP contribution in [0.4, 0.5) is 0 Å². The Kier molecular flexibility index (Phi) is 8.31. The number of benzene rings is 4. The van der Waals surface area contributed by atoms with E-state index in [0.717, 1.165) is 50.0 Å². The minimum atomic E-state index is 0. The molecule has 3 heterocycles. The summed E-state index contributed by atoms with van der Waals surface area (Å²) in [5.74, 6) is 0. The maximum atomic E-state index is 6.15. The van der Waals surface area contributed by atoms with Crippen molar-refractivity contribution in [3.8, 4) is 33.6 Å². The van der Waals surface area contributed by atoms with Gasteiger partial charge in [-0.15, -0.1) is 54.1 Å². The number of nitrogens with zero attached hydrogens (tertiary/aromatic N) is 2. The molecule has 0 aliphatic rings. The van der Waals surface area contributed by atoms with Crippen LogP contribution in [0.1, 0.15) is 11.1 Å². The molecule has 3 aromatic heterocycles. The molecule has 0 aliphatic carbocycles. The summed E-state index contributed by atoms with van der Waals surface area (Å²) in [5, 5.41) is 2.21. The zero-order chi connectivity index (χ0) is 26.6. The van der Waals surface area contributed by atoms with Gasteiger partial charge in [-0.05, 0) is 54.6 Å². The standard InChI is InChI=1S/C25H18NO.C11H8N.Ir/c1-16-12-17(2)14-19(13-16)18-10-11-26-23(15-18)22-8-5-7-21-20-6-3-4-9-24(20)27-25(21)22;1-2-6-10(7-3-1)11-8-4-5-9-12-11;/h3-7,9-15H,1-2H3;1-6,8-9H;/q2*-1;. The molecule has 3 nitrogen and oxygen atoms in total. The van der Waals surface area contributed by atoms with E-state index in [-0.39, 0.29) is 20.1 Å². The SMILES string of the molecule is Cc1cc(C)cc(-c2ccnc(-c3[c-]ccc4c3oc3ccccc34)c2)c1.[Ir].[c-]1ccccc1-c1ccccn1. The Morgan fingerprint density at radius 1 is 0.600 bits per heavy atom. The smallest absolute Gasteiger partial charge is 0.120 e. The summed E-state index contributed by atoms with van der Waals surface area (Å²) in [6.45, 7) is 4.25. The van der Waals surface area contributed by atoms with Crippen molar-refractivity contribution < 1.29 is 24.5 Å². The van der Waals surface area contributed by atoms with Crippen molar-refractivity contribution in [3.63, 3.8) is 0 Å². The van der Waals surface area contributed by atoms with Gasteiger partial charge in [0.2, 0.25) is 0 Å². The maximum Gasteiger partial charge on any atom is 0.120 e. The molecule has 0 unspecified atom stereocenters. The van der Waals surface area contributed by atoms with Crippen LogP contribution in [0.2, 0.25) is 0 Å². The van der Waals surface area contributed by atoms with Gasteiger partial charge in [0.05, 0.1) is 5.58 Å². The Morgan fingerprint density at radius 2 is 1.38 bits per heavy atom. The summed E-state index contributed by atoms with van der Waals surface area (Å²) in [5.41, 5.74) is 10.4. The number of fused-ring (bicyclic) bond motifs is 3. The Balaban J connectivity index is 0.000000209. The van der Waals surface area contributed by atoms with Crippen LogP contribution in [0.25, 0.3) is 55.6 Å². The molecule has 40 heavy (non-hydrogen) atoms.